The Bertz CT molecular complexity index is 1140. The number of hydrogen-bond acceptors (Lipinski definition) is 6. The molecular weight excluding hydrogens is 450 g/mol. The van der Waals surface area contributed by atoms with Crippen molar-refractivity contribution < 1.29 is 19.3 Å². The van der Waals surface area contributed by atoms with Gasteiger partial charge in [0.05, 0.1) is 10.5 Å². The lowest BCUT2D eigenvalue weighted by atomic mass is 9.96. The number of nitrogens with one attached hydrogen (secondary N) is 1. The van der Waals surface area contributed by atoms with E-state index in [9.17, 15) is 24.5 Å². The maximum atomic E-state index is 13.4. The smallest absolute Gasteiger partial charge is 0.320 e. The lowest BCUT2D eigenvalue weighted by molar-refractivity contribution is -0.384. The zero-order chi connectivity index (χ0) is 24.9. The summed E-state index contributed by atoms with van der Waals surface area (Å²) in [6.45, 7) is 3.19. The molecule has 35 heavy (non-hydrogen) atoms. The Balaban J connectivity index is 1.49. The van der Waals surface area contributed by atoms with Gasteiger partial charge in [0, 0.05) is 63.5 Å². The quantitative estimate of drug-likeness (QED) is 0.400. The van der Waals surface area contributed by atoms with Crippen LogP contribution in [0.25, 0.3) is 0 Å². The van der Waals surface area contributed by atoms with Gasteiger partial charge in [0.15, 0.2) is 5.78 Å². The van der Waals surface area contributed by atoms with Crippen molar-refractivity contribution in [3.63, 3.8) is 0 Å². The molecule has 2 heterocycles. The molecule has 0 spiro atoms. The Kier molecular flexibility index (Phi) is 7.28. The molecular formula is C25H29N5O5. The number of likely N-dealkylation sites (tertiary alicyclic amines) is 1. The van der Waals surface area contributed by atoms with Gasteiger partial charge in [0.25, 0.3) is 11.6 Å². The van der Waals surface area contributed by atoms with Crippen molar-refractivity contribution in [3.05, 3.63) is 69.3 Å². The Morgan fingerprint density at radius 2 is 1.43 bits per heavy atom. The molecule has 3 amide bonds. The molecule has 0 atom stereocenters. The van der Waals surface area contributed by atoms with E-state index in [1.165, 1.54) is 18.2 Å². The number of piperidine rings is 1. The van der Waals surface area contributed by atoms with Gasteiger partial charge in [-0.05, 0) is 37.5 Å². The Morgan fingerprint density at radius 1 is 0.829 bits per heavy atom. The topological polar surface area (TPSA) is 116 Å². The predicted molar refractivity (Wildman–Crippen MR) is 131 cm³/mol. The standard InChI is InChI=1S/C25H29N5O5/c1-26-21-10-9-18(17-22(21)30(34)35)23(31)19-7-3-4-8-20(19)24(32)27-13-15-29(16-14-27)25(33)28-11-5-2-6-12-28/h3-4,7-10,17,26H,2,5-6,11-16H2,1H3. The molecule has 0 bridgehead atoms. The number of ketones is 1. The summed E-state index contributed by atoms with van der Waals surface area (Å²) in [4.78, 5) is 55.6. The van der Waals surface area contributed by atoms with Crippen molar-refractivity contribution in [2.24, 2.45) is 0 Å². The van der Waals surface area contributed by atoms with Crippen LogP contribution in [-0.2, 0) is 0 Å². The number of anilines is 1. The summed E-state index contributed by atoms with van der Waals surface area (Å²) in [6, 6.07) is 10.7. The summed E-state index contributed by atoms with van der Waals surface area (Å²) in [5, 5.41) is 14.2. The second-order valence-electron chi connectivity index (χ2n) is 8.72. The normalized spacial score (nSPS) is 16.1. The minimum Gasteiger partial charge on any atom is -0.383 e. The predicted octanol–water partition coefficient (Wildman–Crippen LogP) is 3.23. The van der Waals surface area contributed by atoms with Crippen LogP contribution in [0.15, 0.2) is 42.5 Å². The molecule has 0 radical (unpaired) electrons. The van der Waals surface area contributed by atoms with Gasteiger partial charge in [0.2, 0.25) is 0 Å². The van der Waals surface area contributed by atoms with E-state index in [1.54, 1.807) is 41.1 Å². The highest BCUT2D eigenvalue weighted by atomic mass is 16.6. The van der Waals surface area contributed by atoms with Crippen molar-refractivity contribution in [3.8, 4) is 0 Å². The second kappa shape index (κ2) is 10.5. The second-order valence-corrected chi connectivity index (χ2v) is 8.72. The summed E-state index contributed by atoms with van der Waals surface area (Å²) in [5.41, 5.74) is 0.655. The van der Waals surface area contributed by atoms with Crippen molar-refractivity contribution in [1.29, 1.82) is 0 Å². The number of hydrogen-bond donors (Lipinski definition) is 1. The van der Waals surface area contributed by atoms with Crippen molar-refractivity contribution in [1.82, 2.24) is 14.7 Å². The molecule has 2 fully saturated rings. The van der Waals surface area contributed by atoms with E-state index in [2.05, 4.69) is 5.32 Å². The number of piperazine rings is 1. The number of amides is 3. The van der Waals surface area contributed by atoms with Crippen LogP contribution in [0.5, 0.6) is 0 Å². The molecule has 0 aromatic heterocycles. The highest BCUT2D eigenvalue weighted by Crippen LogP contribution is 2.27. The van der Waals surface area contributed by atoms with E-state index in [0.717, 1.165) is 32.4 Å². The number of benzene rings is 2. The molecule has 2 aromatic rings. The summed E-state index contributed by atoms with van der Waals surface area (Å²) in [6.07, 6.45) is 3.20. The van der Waals surface area contributed by atoms with Crippen molar-refractivity contribution in [2.45, 2.75) is 19.3 Å². The molecule has 1 N–H and O–H groups in total. The zero-order valence-corrected chi connectivity index (χ0v) is 19.7. The molecule has 4 rings (SSSR count). The van der Waals surface area contributed by atoms with E-state index < -0.39 is 10.7 Å². The number of carbonyl (C=O) groups excluding carboxylic acids is 3. The van der Waals surface area contributed by atoms with Gasteiger partial charge in [-0.15, -0.1) is 0 Å². The van der Waals surface area contributed by atoms with E-state index >= 15 is 0 Å². The first-order chi connectivity index (χ1) is 16.9. The van der Waals surface area contributed by atoms with Crippen LogP contribution in [0.2, 0.25) is 0 Å². The van der Waals surface area contributed by atoms with Gasteiger partial charge in [-0.25, -0.2) is 4.79 Å². The van der Waals surface area contributed by atoms with Gasteiger partial charge < -0.3 is 20.0 Å². The first-order valence-corrected chi connectivity index (χ1v) is 11.8. The summed E-state index contributed by atoms with van der Waals surface area (Å²) in [5.74, 6) is -0.751. The summed E-state index contributed by atoms with van der Waals surface area (Å²) in [7, 11) is 1.57. The highest BCUT2D eigenvalue weighted by molar-refractivity contribution is 6.15. The van der Waals surface area contributed by atoms with E-state index in [-0.39, 0.29) is 34.3 Å². The van der Waals surface area contributed by atoms with E-state index in [0.29, 0.717) is 31.9 Å². The Hall–Kier alpha value is -3.95. The highest BCUT2D eigenvalue weighted by Gasteiger charge is 2.30. The number of rotatable bonds is 5. The maximum Gasteiger partial charge on any atom is 0.320 e. The molecule has 0 aliphatic carbocycles. The Morgan fingerprint density at radius 3 is 2.06 bits per heavy atom. The maximum absolute atomic E-state index is 13.4. The third-order valence-corrected chi connectivity index (χ3v) is 6.59. The third kappa shape index (κ3) is 5.11. The molecule has 184 valence electrons. The summed E-state index contributed by atoms with van der Waals surface area (Å²) < 4.78 is 0. The molecule has 10 heteroatoms. The van der Waals surface area contributed by atoms with Gasteiger partial charge >= 0.3 is 6.03 Å². The SMILES string of the molecule is CNc1ccc(C(=O)c2ccccc2C(=O)N2CCN(C(=O)N3CCCCC3)CC2)cc1[N+](=O)[O-]. The number of nitro benzene ring substituents is 1. The first kappa shape index (κ1) is 24.2. The largest absolute Gasteiger partial charge is 0.383 e. The molecule has 2 aliphatic heterocycles. The van der Waals surface area contributed by atoms with Crippen molar-refractivity contribution in [2.75, 3.05) is 51.6 Å². The van der Waals surface area contributed by atoms with E-state index in [4.69, 9.17) is 0 Å². The molecule has 2 aliphatic rings. The van der Waals surface area contributed by atoms with Crippen LogP contribution in [-0.4, -0.2) is 83.7 Å². The number of nitro groups is 1. The van der Waals surface area contributed by atoms with Crippen LogP contribution in [0, 0.1) is 10.1 Å². The number of carbonyl (C=O) groups is 3. The average molecular weight is 480 g/mol. The fourth-order valence-electron chi connectivity index (χ4n) is 4.61. The van der Waals surface area contributed by atoms with Crippen molar-refractivity contribution >= 4 is 29.1 Å². The fraction of sp³-hybridized carbons (Fsp3) is 0.400. The van der Waals surface area contributed by atoms with Crippen LogP contribution in [0.3, 0.4) is 0 Å². The summed E-state index contributed by atoms with van der Waals surface area (Å²) >= 11 is 0. The number of nitrogens with zero attached hydrogens (tertiary/aromatic N) is 4. The van der Waals surface area contributed by atoms with Crippen LogP contribution < -0.4 is 5.32 Å². The minimum atomic E-state index is -0.551. The molecule has 10 nitrogen and oxygen atoms in total. The van der Waals surface area contributed by atoms with Crippen LogP contribution >= 0.6 is 0 Å². The van der Waals surface area contributed by atoms with Gasteiger partial charge in [0.1, 0.15) is 5.69 Å². The third-order valence-electron chi connectivity index (χ3n) is 6.59. The number of urea groups is 1. The van der Waals surface area contributed by atoms with Gasteiger partial charge in [-0.3, -0.25) is 19.7 Å². The Labute approximate surface area is 203 Å². The van der Waals surface area contributed by atoms with Crippen LogP contribution in [0.1, 0.15) is 45.5 Å². The van der Waals surface area contributed by atoms with E-state index in [1.807, 2.05) is 4.90 Å². The lowest BCUT2D eigenvalue weighted by Gasteiger charge is -2.38. The molecule has 0 unspecified atom stereocenters. The fourth-order valence-corrected chi connectivity index (χ4v) is 4.61. The minimum absolute atomic E-state index is 0.0268. The lowest BCUT2D eigenvalue weighted by Crippen LogP contribution is -2.54. The molecule has 2 aromatic carbocycles. The van der Waals surface area contributed by atoms with Crippen LogP contribution in [0.4, 0.5) is 16.2 Å². The van der Waals surface area contributed by atoms with Gasteiger partial charge in [-0.1, -0.05) is 18.2 Å². The zero-order valence-electron chi connectivity index (χ0n) is 19.7. The molecule has 0 saturated carbocycles. The first-order valence-electron chi connectivity index (χ1n) is 11.8. The van der Waals surface area contributed by atoms with Gasteiger partial charge in [-0.2, -0.15) is 0 Å². The average Bonchev–Trinajstić information content (AvgIpc) is 2.92. The monoisotopic (exact) mass is 479 g/mol. The molecule has 2 saturated heterocycles.